The Hall–Kier alpha value is -2.25. The van der Waals surface area contributed by atoms with E-state index in [9.17, 15) is 13.2 Å². The molecule has 29 heavy (non-hydrogen) atoms. The quantitative estimate of drug-likeness (QED) is 0.697. The Morgan fingerprint density at radius 1 is 1.14 bits per heavy atom. The number of hydrogen-bond donors (Lipinski definition) is 0. The van der Waals surface area contributed by atoms with Crippen LogP contribution in [0.2, 0.25) is 0 Å². The first-order chi connectivity index (χ1) is 13.8. The number of carbonyl (C=O) groups is 1. The summed E-state index contributed by atoms with van der Waals surface area (Å²) in [4.78, 5) is 18.7. The van der Waals surface area contributed by atoms with Crippen molar-refractivity contribution in [2.24, 2.45) is 5.92 Å². The van der Waals surface area contributed by atoms with Gasteiger partial charge in [0.1, 0.15) is 0 Å². The molecule has 1 aromatic carbocycles. The predicted octanol–water partition coefficient (Wildman–Crippen LogP) is 2.61. The molecule has 7 heteroatoms. The molecule has 0 N–H and O–H groups in total. The van der Waals surface area contributed by atoms with Crippen molar-refractivity contribution in [2.75, 3.05) is 32.9 Å². The number of rotatable bonds is 7. The third-order valence-corrected chi connectivity index (χ3v) is 6.85. The van der Waals surface area contributed by atoms with Gasteiger partial charge in [0.25, 0.3) is 5.91 Å². The van der Waals surface area contributed by atoms with Gasteiger partial charge >= 0.3 is 0 Å². The molecule has 0 bridgehead atoms. The number of pyridine rings is 1. The van der Waals surface area contributed by atoms with Crippen LogP contribution in [0.3, 0.4) is 0 Å². The molecule has 2 heterocycles. The molecule has 0 aliphatic carbocycles. The second-order valence-corrected chi connectivity index (χ2v) is 9.79. The van der Waals surface area contributed by atoms with Crippen LogP contribution < -0.4 is 0 Å². The van der Waals surface area contributed by atoms with Gasteiger partial charge in [-0.1, -0.05) is 18.2 Å². The van der Waals surface area contributed by atoms with Gasteiger partial charge in [-0.15, -0.1) is 0 Å². The van der Waals surface area contributed by atoms with Crippen molar-refractivity contribution in [3.05, 3.63) is 65.5 Å². The summed E-state index contributed by atoms with van der Waals surface area (Å²) < 4.78 is 24.8. The third-order valence-electron chi connectivity index (χ3n) is 5.54. The largest absolute Gasteiger partial charge is 0.341 e. The zero-order valence-electron chi connectivity index (χ0n) is 17.1. The van der Waals surface area contributed by atoms with Gasteiger partial charge in [-0.25, -0.2) is 12.7 Å². The van der Waals surface area contributed by atoms with E-state index in [1.54, 1.807) is 15.4 Å². The van der Waals surface area contributed by atoms with Gasteiger partial charge in [-0.2, -0.15) is 0 Å². The summed E-state index contributed by atoms with van der Waals surface area (Å²) >= 11 is 0. The standard InChI is InChI=1S/C22H29N3O3S/c1-24(14-12-21-5-3-4-13-23-21)22(26)20-8-6-18(7-9-20)17-19-10-15-25(16-11-19)29(2,27)28/h3-9,13,19H,10-12,14-17H2,1-2H3. The topological polar surface area (TPSA) is 70.6 Å². The van der Waals surface area contributed by atoms with E-state index in [-0.39, 0.29) is 5.91 Å². The van der Waals surface area contributed by atoms with E-state index < -0.39 is 10.0 Å². The van der Waals surface area contributed by atoms with Gasteiger partial charge < -0.3 is 4.90 Å². The van der Waals surface area contributed by atoms with Gasteiger partial charge in [0, 0.05) is 50.6 Å². The number of hydrogen-bond acceptors (Lipinski definition) is 4. The minimum Gasteiger partial charge on any atom is -0.341 e. The Balaban J connectivity index is 1.50. The summed E-state index contributed by atoms with van der Waals surface area (Å²) in [7, 11) is -1.27. The average Bonchev–Trinajstić information content (AvgIpc) is 2.72. The van der Waals surface area contributed by atoms with Gasteiger partial charge in [-0.05, 0) is 55.0 Å². The van der Waals surface area contributed by atoms with Crippen molar-refractivity contribution in [3.8, 4) is 0 Å². The highest BCUT2D eigenvalue weighted by atomic mass is 32.2. The fraction of sp³-hybridized carbons (Fsp3) is 0.455. The lowest BCUT2D eigenvalue weighted by Gasteiger charge is -2.30. The molecule has 3 rings (SSSR count). The summed E-state index contributed by atoms with van der Waals surface area (Å²) in [5.41, 5.74) is 2.85. The van der Waals surface area contributed by atoms with E-state index in [0.29, 0.717) is 31.1 Å². The van der Waals surface area contributed by atoms with Crippen LogP contribution in [0.25, 0.3) is 0 Å². The fourth-order valence-corrected chi connectivity index (χ4v) is 4.59. The fourth-order valence-electron chi connectivity index (χ4n) is 3.71. The van der Waals surface area contributed by atoms with Crippen molar-refractivity contribution in [1.29, 1.82) is 0 Å². The Kier molecular flexibility index (Phi) is 7.03. The van der Waals surface area contributed by atoms with Gasteiger partial charge in [0.05, 0.1) is 6.26 Å². The Bertz CT molecular complexity index is 906. The van der Waals surface area contributed by atoms with Crippen LogP contribution in [-0.4, -0.2) is 61.5 Å². The Labute approximate surface area is 173 Å². The lowest BCUT2D eigenvalue weighted by molar-refractivity contribution is 0.0796. The first-order valence-corrected chi connectivity index (χ1v) is 11.9. The maximum Gasteiger partial charge on any atom is 0.253 e. The molecule has 1 aliphatic rings. The lowest BCUT2D eigenvalue weighted by Crippen LogP contribution is -2.38. The predicted molar refractivity (Wildman–Crippen MR) is 114 cm³/mol. The van der Waals surface area contributed by atoms with Gasteiger partial charge in [0.15, 0.2) is 0 Å². The molecule has 1 fully saturated rings. The zero-order valence-corrected chi connectivity index (χ0v) is 17.9. The number of sulfonamides is 1. The molecule has 1 amide bonds. The van der Waals surface area contributed by atoms with Crippen molar-refractivity contribution in [3.63, 3.8) is 0 Å². The van der Waals surface area contributed by atoms with E-state index in [0.717, 1.165) is 31.4 Å². The number of benzene rings is 1. The van der Waals surface area contributed by atoms with Crippen molar-refractivity contribution < 1.29 is 13.2 Å². The highest BCUT2D eigenvalue weighted by Gasteiger charge is 2.25. The molecule has 0 radical (unpaired) electrons. The molecule has 0 unspecified atom stereocenters. The third kappa shape index (κ3) is 6.11. The molecule has 1 aliphatic heterocycles. The molecule has 2 aromatic rings. The molecule has 0 atom stereocenters. The van der Waals surface area contributed by atoms with Crippen LogP contribution in [0.15, 0.2) is 48.7 Å². The van der Waals surface area contributed by atoms with Crippen LogP contribution in [0, 0.1) is 5.92 Å². The minimum absolute atomic E-state index is 0.00828. The maximum absolute atomic E-state index is 12.6. The number of amides is 1. The summed E-state index contributed by atoms with van der Waals surface area (Å²) in [6.45, 7) is 1.82. The molecule has 1 aromatic heterocycles. The second kappa shape index (κ2) is 9.50. The molecular formula is C22H29N3O3S. The minimum atomic E-state index is -3.08. The average molecular weight is 416 g/mol. The summed E-state index contributed by atoms with van der Waals surface area (Å²) in [5.74, 6) is 0.490. The lowest BCUT2D eigenvalue weighted by atomic mass is 9.90. The van der Waals surface area contributed by atoms with E-state index in [4.69, 9.17) is 0 Å². The maximum atomic E-state index is 12.6. The Morgan fingerprint density at radius 2 is 1.83 bits per heavy atom. The van der Waals surface area contributed by atoms with Crippen LogP contribution in [0.5, 0.6) is 0 Å². The van der Waals surface area contributed by atoms with Crippen molar-refractivity contribution >= 4 is 15.9 Å². The summed E-state index contributed by atoms with van der Waals surface area (Å²) in [6.07, 6.45) is 6.44. The smallest absolute Gasteiger partial charge is 0.253 e. The molecule has 0 spiro atoms. The SMILES string of the molecule is CN(CCc1ccccn1)C(=O)c1ccc(CC2CCN(S(C)(=O)=O)CC2)cc1. The van der Waals surface area contributed by atoms with Crippen LogP contribution in [0.1, 0.15) is 34.5 Å². The van der Waals surface area contributed by atoms with E-state index in [1.807, 2.05) is 49.5 Å². The highest BCUT2D eigenvalue weighted by molar-refractivity contribution is 7.88. The number of aromatic nitrogens is 1. The summed E-state index contributed by atoms with van der Waals surface area (Å²) in [5, 5.41) is 0. The van der Waals surface area contributed by atoms with Crippen molar-refractivity contribution in [2.45, 2.75) is 25.7 Å². The monoisotopic (exact) mass is 415 g/mol. The molecule has 0 saturated carbocycles. The highest BCUT2D eigenvalue weighted by Crippen LogP contribution is 2.23. The van der Waals surface area contributed by atoms with Crippen molar-refractivity contribution in [1.82, 2.24) is 14.2 Å². The first-order valence-electron chi connectivity index (χ1n) is 10.0. The number of piperidine rings is 1. The number of nitrogens with zero attached hydrogens (tertiary/aromatic N) is 3. The molecule has 156 valence electrons. The molecule has 1 saturated heterocycles. The number of likely N-dealkylation sites (N-methyl/N-ethyl adjacent to an activating group) is 1. The van der Waals surface area contributed by atoms with E-state index in [2.05, 4.69) is 4.98 Å². The van der Waals surface area contributed by atoms with E-state index >= 15 is 0 Å². The van der Waals surface area contributed by atoms with E-state index in [1.165, 1.54) is 11.8 Å². The normalized spacial score (nSPS) is 15.9. The second-order valence-electron chi connectivity index (χ2n) is 7.80. The first kappa shape index (κ1) is 21.5. The molecular weight excluding hydrogens is 386 g/mol. The van der Waals surface area contributed by atoms with Gasteiger partial charge in [0.2, 0.25) is 10.0 Å². The Morgan fingerprint density at radius 3 is 2.41 bits per heavy atom. The van der Waals surface area contributed by atoms with Crippen LogP contribution in [0.4, 0.5) is 0 Å². The number of carbonyl (C=O) groups excluding carboxylic acids is 1. The summed E-state index contributed by atoms with van der Waals surface area (Å²) in [6, 6.07) is 13.6. The zero-order chi connectivity index (χ0) is 20.9. The van der Waals surface area contributed by atoms with Crippen LogP contribution in [-0.2, 0) is 22.9 Å². The van der Waals surface area contributed by atoms with Gasteiger partial charge in [-0.3, -0.25) is 9.78 Å². The van der Waals surface area contributed by atoms with Crippen LogP contribution >= 0.6 is 0 Å². The molecule has 6 nitrogen and oxygen atoms in total.